The van der Waals surface area contributed by atoms with E-state index in [1.54, 1.807) is 36.4 Å². The Kier molecular flexibility index (Phi) is 6.84. The first-order valence-corrected chi connectivity index (χ1v) is 9.57. The van der Waals surface area contributed by atoms with Crippen LogP contribution in [-0.2, 0) is 19.3 Å². The van der Waals surface area contributed by atoms with E-state index < -0.39 is 11.9 Å². The number of amides is 1. The molecule has 3 rings (SSSR count). The SMILES string of the molecule is O=C(NCc1ccc(C(F)(F)F)nc1)c1ccccc1NCc1cccc(Cl)c1Cl. The molecule has 2 aromatic carbocycles. The minimum Gasteiger partial charge on any atom is -0.380 e. The standard InChI is InChI=1S/C21H16Cl2F3N3O/c22-16-6-3-4-14(19(16)23)12-27-17-7-2-1-5-15(17)20(30)29-11-13-8-9-18(28-10-13)21(24,25)26/h1-10,27H,11-12H2,(H,29,30). The molecule has 3 aromatic rings. The number of hydrogen-bond acceptors (Lipinski definition) is 3. The quantitative estimate of drug-likeness (QED) is 0.484. The van der Waals surface area contributed by atoms with Crippen molar-refractivity contribution >= 4 is 34.8 Å². The Balaban J connectivity index is 1.66. The zero-order valence-corrected chi connectivity index (χ0v) is 16.9. The number of hydrogen-bond donors (Lipinski definition) is 2. The van der Waals surface area contributed by atoms with Crippen LogP contribution in [0.25, 0.3) is 0 Å². The number of aromatic nitrogens is 1. The topological polar surface area (TPSA) is 54.0 Å². The van der Waals surface area contributed by atoms with Gasteiger partial charge in [-0.3, -0.25) is 9.78 Å². The van der Waals surface area contributed by atoms with Crippen LogP contribution in [0.15, 0.2) is 60.8 Å². The van der Waals surface area contributed by atoms with Crippen molar-refractivity contribution in [3.05, 3.63) is 93.2 Å². The molecule has 0 radical (unpaired) electrons. The summed E-state index contributed by atoms with van der Waals surface area (Å²) in [5, 5.41) is 6.72. The molecule has 30 heavy (non-hydrogen) atoms. The Bertz CT molecular complexity index is 1040. The molecule has 1 aromatic heterocycles. The summed E-state index contributed by atoms with van der Waals surface area (Å²) in [5.74, 6) is -0.379. The number of alkyl halides is 3. The molecule has 0 spiro atoms. The van der Waals surface area contributed by atoms with Crippen LogP contribution < -0.4 is 10.6 Å². The average molecular weight is 454 g/mol. The van der Waals surface area contributed by atoms with Gasteiger partial charge in [0.05, 0.1) is 15.6 Å². The van der Waals surface area contributed by atoms with Gasteiger partial charge in [0, 0.05) is 25.0 Å². The summed E-state index contributed by atoms with van der Waals surface area (Å²) in [7, 11) is 0. The fourth-order valence-electron chi connectivity index (χ4n) is 2.69. The smallest absolute Gasteiger partial charge is 0.380 e. The molecule has 0 aliphatic heterocycles. The van der Waals surface area contributed by atoms with Crippen molar-refractivity contribution in [3.63, 3.8) is 0 Å². The molecule has 0 atom stereocenters. The van der Waals surface area contributed by atoms with E-state index in [9.17, 15) is 18.0 Å². The van der Waals surface area contributed by atoms with Crippen LogP contribution in [0.2, 0.25) is 10.0 Å². The number of benzene rings is 2. The van der Waals surface area contributed by atoms with Crippen molar-refractivity contribution in [2.45, 2.75) is 19.3 Å². The molecule has 0 fully saturated rings. The Morgan fingerprint density at radius 3 is 2.43 bits per heavy atom. The Hall–Kier alpha value is -2.77. The summed E-state index contributed by atoms with van der Waals surface area (Å²) in [6.07, 6.45) is -3.41. The molecule has 0 bridgehead atoms. The lowest BCUT2D eigenvalue weighted by atomic mass is 10.1. The Labute approximate surface area is 181 Å². The third kappa shape index (κ3) is 5.43. The molecular formula is C21H16Cl2F3N3O. The lowest BCUT2D eigenvalue weighted by Crippen LogP contribution is -2.24. The van der Waals surface area contributed by atoms with Crippen molar-refractivity contribution in [3.8, 4) is 0 Å². The highest BCUT2D eigenvalue weighted by molar-refractivity contribution is 6.42. The first-order chi connectivity index (χ1) is 14.3. The minimum atomic E-state index is -4.50. The maximum Gasteiger partial charge on any atom is 0.433 e. The molecule has 1 amide bonds. The van der Waals surface area contributed by atoms with Crippen LogP contribution >= 0.6 is 23.2 Å². The second-order valence-electron chi connectivity index (χ2n) is 6.34. The summed E-state index contributed by atoms with van der Waals surface area (Å²) < 4.78 is 37.8. The highest BCUT2D eigenvalue weighted by Crippen LogP contribution is 2.28. The monoisotopic (exact) mass is 453 g/mol. The lowest BCUT2D eigenvalue weighted by molar-refractivity contribution is -0.141. The first-order valence-electron chi connectivity index (χ1n) is 8.82. The van der Waals surface area contributed by atoms with Gasteiger partial charge in [0.1, 0.15) is 5.69 Å². The average Bonchev–Trinajstić information content (AvgIpc) is 2.73. The molecule has 0 saturated carbocycles. The summed E-state index contributed by atoms with van der Waals surface area (Å²) in [5.41, 5.74) is 1.21. The van der Waals surface area contributed by atoms with E-state index in [0.29, 0.717) is 33.4 Å². The van der Waals surface area contributed by atoms with E-state index in [4.69, 9.17) is 23.2 Å². The van der Waals surface area contributed by atoms with Gasteiger partial charge in [0.15, 0.2) is 0 Å². The number of para-hydroxylation sites is 1. The highest BCUT2D eigenvalue weighted by atomic mass is 35.5. The second-order valence-corrected chi connectivity index (χ2v) is 7.13. The number of carbonyl (C=O) groups excluding carboxylic acids is 1. The molecule has 9 heteroatoms. The Morgan fingerprint density at radius 2 is 1.73 bits per heavy atom. The largest absolute Gasteiger partial charge is 0.433 e. The molecule has 4 nitrogen and oxygen atoms in total. The van der Waals surface area contributed by atoms with Crippen LogP contribution in [0.1, 0.15) is 27.2 Å². The third-order valence-electron chi connectivity index (χ3n) is 4.24. The van der Waals surface area contributed by atoms with Gasteiger partial charge in [-0.25, -0.2) is 0 Å². The minimum absolute atomic E-state index is 0.0401. The van der Waals surface area contributed by atoms with Crippen molar-refractivity contribution < 1.29 is 18.0 Å². The molecule has 2 N–H and O–H groups in total. The van der Waals surface area contributed by atoms with E-state index in [1.165, 1.54) is 6.07 Å². The number of nitrogens with one attached hydrogen (secondary N) is 2. The van der Waals surface area contributed by atoms with Crippen molar-refractivity contribution in [2.75, 3.05) is 5.32 Å². The van der Waals surface area contributed by atoms with Gasteiger partial charge in [-0.1, -0.05) is 53.5 Å². The van der Waals surface area contributed by atoms with Crippen LogP contribution in [0.4, 0.5) is 18.9 Å². The van der Waals surface area contributed by atoms with Gasteiger partial charge < -0.3 is 10.6 Å². The third-order valence-corrected chi connectivity index (χ3v) is 5.10. The summed E-state index contributed by atoms with van der Waals surface area (Å²) in [6.45, 7) is 0.394. The van der Waals surface area contributed by atoms with Gasteiger partial charge in [0.25, 0.3) is 5.91 Å². The van der Waals surface area contributed by atoms with E-state index in [-0.39, 0.29) is 12.5 Å². The predicted octanol–water partition coefficient (Wildman–Crippen LogP) is 5.95. The van der Waals surface area contributed by atoms with E-state index in [2.05, 4.69) is 15.6 Å². The number of nitrogens with zero attached hydrogens (tertiary/aromatic N) is 1. The number of carbonyl (C=O) groups is 1. The van der Waals surface area contributed by atoms with Crippen molar-refractivity contribution in [1.82, 2.24) is 10.3 Å². The molecule has 0 aliphatic rings. The summed E-state index contributed by atoms with van der Waals surface area (Å²) >= 11 is 12.2. The van der Waals surface area contributed by atoms with Crippen molar-refractivity contribution in [1.29, 1.82) is 0 Å². The first kappa shape index (κ1) is 21.9. The fourth-order valence-corrected chi connectivity index (χ4v) is 3.07. The number of anilines is 1. The van der Waals surface area contributed by atoms with Crippen LogP contribution in [-0.4, -0.2) is 10.9 Å². The number of halogens is 5. The van der Waals surface area contributed by atoms with Crippen LogP contribution in [0, 0.1) is 0 Å². The van der Waals surface area contributed by atoms with Gasteiger partial charge in [0.2, 0.25) is 0 Å². The zero-order valence-electron chi connectivity index (χ0n) is 15.4. The fraction of sp³-hybridized carbons (Fsp3) is 0.143. The molecule has 0 unspecified atom stereocenters. The van der Waals surface area contributed by atoms with E-state index in [1.807, 2.05) is 6.07 Å². The summed E-state index contributed by atoms with van der Waals surface area (Å²) in [4.78, 5) is 16.0. The second kappa shape index (κ2) is 9.36. The lowest BCUT2D eigenvalue weighted by Gasteiger charge is -2.13. The molecule has 0 aliphatic carbocycles. The molecule has 156 valence electrons. The summed E-state index contributed by atoms with van der Waals surface area (Å²) in [6, 6.07) is 14.3. The molecular weight excluding hydrogens is 438 g/mol. The zero-order chi connectivity index (χ0) is 21.7. The van der Waals surface area contributed by atoms with Crippen LogP contribution in [0.3, 0.4) is 0 Å². The van der Waals surface area contributed by atoms with Crippen LogP contribution in [0.5, 0.6) is 0 Å². The number of rotatable bonds is 6. The van der Waals surface area contributed by atoms with E-state index in [0.717, 1.165) is 17.8 Å². The highest BCUT2D eigenvalue weighted by Gasteiger charge is 2.32. The molecule has 1 heterocycles. The van der Waals surface area contributed by atoms with Crippen molar-refractivity contribution in [2.24, 2.45) is 0 Å². The van der Waals surface area contributed by atoms with Gasteiger partial charge in [-0.05, 0) is 35.4 Å². The van der Waals surface area contributed by atoms with Gasteiger partial charge >= 0.3 is 6.18 Å². The maximum atomic E-state index is 12.6. The van der Waals surface area contributed by atoms with Gasteiger partial charge in [-0.2, -0.15) is 13.2 Å². The normalized spacial score (nSPS) is 11.2. The van der Waals surface area contributed by atoms with E-state index >= 15 is 0 Å². The predicted molar refractivity (Wildman–Crippen MR) is 111 cm³/mol. The molecule has 0 saturated heterocycles. The Morgan fingerprint density at radius 1 is 0.967 bits per heavy atom. The maximum absolute atomic E-state index is 12.6. The number of pyridine rings is 1. The van der Waals surface area contributed by atoms with Gasteiger partial charge in [-0.15, -0.1) is 0 Å².